The number of rotatable bonds is 30. The van der Waals surface area contributed by atoms with Gasteiger partial charge in [0.25, 0.3) is 0 Å². The zero-order chi connectivity index (χ0) is 27.9. The van der Waals surface area contributed by atoms with Crippen LogP contribution in [0.2, 0.25) is 0 Å². The molecule has 0 spiro atoms. The first-order chi connectivity index (χ1) is 18.6. The maximum Gasteiger partial charge on any atom is 0.306 e. The maximum absolute atomic E-state index is 12.4. The molecule has 4 nitrogen and oxygen atoms in total. The standard InChI is InChI=1S/C34H64O4/c1-3-5-7-8-9-10-11-12-13-17-20-23-27-31-34(37)38-32(28-24-6-4-2)29-25-21-18-15-14-16-19-22-26-30-33(35)36/h10-11,32H,3-9,12-31H2,1-2H3,(H,35,36)/p-1/b11-10-. The van der Waals surface area contributed by atoms with Crippen LogP contribution in [0.25, 0.3) is 0 Å². The first-order valence-electron chi connectivity index (χ1n) is 16.6. The van der Waals surface area contributed by atoms with Crippen LogP contribution in [-0.4, -0.2) is 18.0 Å². The third-order valence-corrected chi connectivity index (χ3v) is 7.48. The van der Waals surface area contributed by atoms with Crippen LogP contribution in [0.15, 0.2) is 12.2 Å². The highest BCUT2D eigenvalue weighted by atomic mass is 16.5. The summed E-state index contributed by atoms with van der Waals surface area (Å²) in [6, 6.07) is 0. The van der Waals surface area contributed by atoms with Gasteiger partial charge in [-0.3, -0.25) is 4.79 Å². The van der Waals surface area contributed by atoms with Crippen molar-refractivity contribution in [2.24, 2.45) is 0 Å². The number of unbranched alkanes of at least 4 members (excludes halogenated alkanes) is 19. The summed E-state index contributed by atoms with van der Waals surface area (Å²) >= 11 is 0. The molecule has 0 fully saturated rings. The van der Waals surface area contributed by atoms with E-state index in [9.17, 15) is 14.7 Å². The van der Waals surface area contributed by atoms with Crippen molar-refractivity contribution in [2.45, 2.75) is 193 Å². The van der Waals surface area contributed by atoms with E-state index < -0.39 is 5.97 Å². The van der Waals surface area contributed by atoms with Crippen molar-refractivity contribution in [2.75, 3.05) is 0 Å². The molecule has 0 aromatic carbocycles. The monoisotopic (exact) mass is 535 g/mol. The molecule has 0 aliphatic carbocycles. The molecule has 0 N–H and O–H groups in total. The van der Waals surface area contributed by atoms with Crippen molar-refractivity contribution >= 4 is 11.9 Å². The van der Waals surface area contributed by atoms with Crippen LogP contribution in [0, 0.1) is 0 Å². The van der Waals surface area contributed by atoms with Gasteiger partial charge in [0.1, 0.15) is 6.10 Å². The van der Waals surface area contributed by atoms with Crippen molar-refractivity contribution < 1.29 is 19.4 Å². The first kappa shape index (κ1) is 36.7. The average molecular weight is 536 g/mol. The largest absolute Gasteiger partial charge is 0.550 e. The number of allylic oxidation sites excluding steroid dienone is 2. The van der Waals surface area contributed by atoms with Gasteiger partial charge in [0.05, 0.1) is 0 Å². The van der Waals surface area contributed by atoms with E-state index in [0.29, 0.717) is 6.42 Å². The van der Waals surface area contributed by atoms with Gasteiger partial charge in [-0.25, -0.2) is 0 Å². The van der Waals surface area contributed by atoms with Gasteiger partial charge in [0, 0.05) is 12.4 Å². The van der Waals surface area contributed by atoms with Crippen LogP contribution >= 0.6 is 0 Å². The van der Waals surface area contributed by atoms with Crippen LogP contribution < -0.4 is 5.11 Å². The Labute approximate surface area is 236 Å². The van der Waals surface area contributed by atoms with Crippen molar-refractivity contribution in [1.82, 2.24) is 0 Å². The molecule has 1 atom stereocenters. The molecule has 4 heteroatoms. The van der Waals surface area contributed by atoms with E-state index in [2.05, 4.69) is 26.0 Å². The predicted molar refractivity (Wildman–Crippen MR) is 160 cm³/mol. The van der Waals surface area contributed by atoms with Crippen molar-refractivity contribution in [3.63, 3.8) is 0 Å². The predicted octanol–water partition coefficient (Wildman–Crippen LogP) is 9.78. The molecule has 0 amide bonds. The van der Waals surface area contributed by atoms with Gasteiger partial charge < -0.3 is 14.6 Å². The minimum absolute atomic E-state index is 0.0104. The zero-order valence-corrected chi connectivity index (χ0v) is 25.5. The number of ether oxygens (including phenoxy) is 1. The lowest BCUT2D eigenvalue weighted by Gasteiger charge is -2.18. The Balaban J connectivity index is 3.78. The molecule has 1 unspecified atom stereocenters. The van der Waals surface area contributed by atoms with Crippen molar-refractivity contribution in [3.8, 4) is 0 Å². The van der Waals surface area contributed by atoms with E-state index in [1.54, 1.807) is 0 Å². The minimum Gasteiger partial charge on any atom is -0.550 e. The summed E-state index contributed by atoms with van der Waals surface area (Å²) in [6.45, 7) is 4.48. The molecule has 0 aliphatic heterocycles. The minimum atomic E-state index is -0.929. The van der Waals surface area contributed by atoms with Crippen molar-refractivity contribution in [1.29, 1.82) is 0 Å². The third kappa shape index (κ3) is 29.2. The summed E-state index contributed by atoms with van der Waals surface area (Å²) in [5.74, 6) is -0.919. The topological polar surface area (TPSA) is 66.4 Å². The van der Waals surface area contributed by atoms with Crippen LogP contribution in [0.4, 0.5) is 0 Å². The van der Waals surface area contributed by atoms with Crippen LogP contribution in [-0.2, 0) is 14.3 Å². The number of carbonyl (C=O) groups is 2. The second-order valence-electron chi connectivity index (χ2n) is 11.3. The molecule has 0 saturated heterocycles. The van der Waals surface area contributed by atoms with E-state index >= 15 is 0 Å². The molecule has 0 saturated carbocycles. The van der Waals surface area contributed by atoms with Gasteiger partial charge >= 0.3 is 5.97 Å². The fourth-order valence-electron chi connectivity index (χ4n) is 4.99. The van der Waals surface area contributed by atoms with E-state index in [1.165, 1.54) is 103 Å². The fourth-order valence-corrected chi connectivity index (χ4v) is 4.99. The second kappa shape index (κ2) is 30.2. The summed E-state index contributed by atoms with van der Waals surface area (Å²) < 4.78 is 5.91. The van der Waals surface area contributed by atoms with E-state index in [-0.39, 0.29) is 18.5 Å². The number of hydrogen-bond acceptors (Lipinski definition) is 4. The van der Waals surface area contributed by atoms with Gasteiger partial charge in [-0.1, -0.05) is 122 Å². The maximum atomic E-state index is 12.4. The Kier molecular flexibility index (Phi) is 29.2. The number of carboxylic acids is 1. The lowest BCUT2D eigenvalue weighted by molar-refractivity contribution is -0.305. The molecule has 0 rings (SSSR count). The van der Waals surface area contributed by atoms with Gasteiger partial charge in [0.15, 0.2) is 0 Å². The normalized spacial score (nSPS) is 12.3. The fraction of sp³-hybridized carbons (Fsp3) is 0.882. The van der Waals surface area contributed by atoms with Gasteiger partial charge in [-0.15, -0.1) is 0 Å². The summed E-state index contributed by atoms with van der Waals surface area (Å²) in [5.41, 5.74) is 0. The molecule has 0 heterocycles. The Morgan fingerprint density at radius 3 is 1.47 bits per heavy atom. The lowest BCUT2D eigenvalue weighted by Crippen LogP contribution is -2.21. The number of hydrogen-bond donors (Lipinski definition) is 0. The van der Waals surface area contributed by atoms with Gasteiger partial charge in [-0.2, -0.15) is 0 Å². The number of carboxylic acid groups (broad SMARTS) is 1. The summed E-state index contributed by atoms with van der Waals surface area (Å²) in [5, 5.41) is 10.4. The molecule has 0 aliphatic rings. The lowest BCUT2D eigenvalue weighted by atomic mass is 10.0. The van der Waals surface area contributed by atoms with E-state index in [4.69, 9.17) is 4.74 Å². The molecule has 0 aromatic rings. The molecular weight excluding hydrogens is 472 g/mol. The third-order valence-electron chi connectivity index (χ3n) is 7.48. The van der Waals surface area contributed by atoms with Gasteiger partial charge in [0.2, 0.25) is 0 Å². The molecule has 224 valence electrons. The Bertz CT molecular complexity index is 543. The molecular formula is C34H63O4-. The van der Waals surface area contributed by atoms with E-state index in [0.717, 1.165) is 57.8 Å². The van der Waals surface area contributed by atoms with Gasteiger partial charge in [-0.05, 0) is 70.6 Å². The molecule has 38 heavy (non-hydrogen) atoms. The molecule has 0 radical (unpaired) electrons. The Morgan fingerprint density at radius 1 is 0.553 bits per heavy atom. The SMILES string of the molecule is CCCCCC/C=C\CCCCCCCC(=O)OC(CCCCC)CCCCCCCCCCCC(=O)[O-]. The smallest absolute Gasteiger partial charge is 0.306 e. The summed E-state index contributed by atoms with van der Waals surface area (Å²) in [6.07, 6.45) is 34.9. The number of esters is 1. The highest BCUT2D eigenvalue weighted by Gasteiger charge is 2.14. The van der Waals surface area contributed by atoms with Crippen LogP contribution in [0.1, 0.15) is 187 Å². The second-order valence-corrected chi connectivity index (χ2v) is 11.3. The summed E-state index contributed by atoms with van der Waals surface area (Å²) in [7, 11) is 0. The van der Waals surface area contributed by atoms with Crippen LogP contribution in [0.5, 0.6) is 0 Å². The van der Waals surface area contributed by atoms with Crippen molar-refractivity contribution in [3.05, 3.63) is 12.2 Å². The Hall–Kier alpha value is -1.32. The number of carbonyl (C=O) groups excluding carboxylic acids is 2. The molecule has 0 aromatic heterocycles. The highest BCUT2D eigenvalue weighted by molar-refractivity contribution is 5.69. The van der Waals surface area contributed by atoms with E-state index in [1.807, 2.05) is 0 Å². The Morgan fingerprint density at radius 2 is 0.947 bits per heavy atom. The first-order valence-corrected chi connectivity index (χ1v) is 16.6. The quantitative estimate of drug-likeness (QED) is 0.0521. The molecule has 0 bridgehead atoms. The number of aliphatic carboxylic acids is 1. The zero-order valence-electron chi connectivity index (χ0n) is 25.5. The average Bonchev–Trinajstić information content (AvgIpc) is 2.89. The summed E-state index contributed by atoms with van der Waals surface area (Å²) in [4.78, 5) is 22.9. The highest BCUT2D eigenvalue weighted by Crippen LogP contribution is 2.18. The van der Waals surface area contributed by atoms with Crippen LogP contribution in [0.3, 0.4) is 0 Å².